The Morgan fingerprint density at radius 3 is 2.70 bits per heavy atom. The average molecular weight is 285 g/mol. The summed E-state index contributed by atoms with van der Waals surface area (Å²) in [5.74, 6) is 1.01. The van der Waals surface area contributed by atoms with Crippen LogP contribution in [0, 0.1) is 11.8 Å². The highest BCUT2D eigenvalue weighted by Crippen LogP contribution is 2.14. The lowest BCUT2D eigenvalue weighted by molar-refractivity contribution is 0.116. The molecule has 0 bridgehead atoms. The van der Waals surface area contributed by atoms with E-state index in [4.69, 9.17) is 0 Å². The molecule has 0 saturated carbocycles. The van der Waals surface area contributed by atoms with Gasteiger partial charge in [0.2, 0.25) is 0 Å². The third kappa shape index (κ3) is 7.10. The number of carbonyl (C=O) groups excluding carboxylic acids is 1. The van der Waals surface area contributed by atoms with Crippen molar-refractivity contribution >= 4 is 6.03 Å². The Kier molecular flexibility index (Phi) is 7.92. The minimum Gasteiger partial charge on any atom is -0.393 e. The number of piperidine rings is 1. The van der Waals surface area contributed by atoms with Gasteiger partial charge in [-0.15, -0.1) is 0 Å². The van der Waals surface area contributed by atoms with Gasteiger partial charge in [0.05, 0.1) is 6.10 Å². The summed E-state index contributed by atoms with van der Waals surface area (Å²) < 4.78 is 0. The first kappa shape index (κ1) is 17.2. The van der Waals surface area contributed by atoms with Gasteiger partial charge in [-0.05, 0) is 37.6 Å². The van der Waals surface area contributed by atoms with E-state index < -0.39 is 0 Å². The van der Waals surface area contributed by atoms with Crippen LogP contribution < -0.4 is 10.6 Å². The summed E-state index contributed by atoms with van der Waals surface area (Å²) in [5, 5.41) is 15.3. The van der Waals surface area contributed by atoms with E-state index >= 15 is 0 Å². The van der Waals surface area contributed by atoms with Gasteiger partial charge in [0.15, 0.2) is 0 Å². The van der Waals surface area contributed by atoms with Gasteiger partial charge in [-0.1, -0.05) is 20.8 Å². The van der Waals surface area contributed by atoms with Gasteiger partial charge in [-0.25, -0.2) is 4.79 Å². The van der Waals surface area contributed by atoms with E-state index in [9.17, 15) is 9.90 Å². The highest BCUT2D eigenvalue weighted by Gasteiger charge is 2.15. The molecule has 118 valence electrons. The van der Waals surface area contributed by atoms with Crippen molar-refractivity contribution in [3.05, 3.63) is 0 Å². The molecular weight excluding hydrogens is 254 g/mol. The van der Waals surface area contributed by atoms with E-state index in [1.54, 1.807) is 0 Å². The number of likely N-dealkylation sites (tertiary alicyclic amines) is 1. The van der Waals surface area contributed by atoms with Crippen molar-refractivity contribution in [1.29, 1.82) is 0 Å². The standard InChI is InChI=1S/C15H31N3O2/c1-12(2)14(19)6-7-16-15(20)17-8-10-18-9-4-5-13(3)11-18/h12-14,19H,4-11H2,1-3H3,(H2,16,17,20). The number of urea groups is 1. The maximum Gasteiger partial charge on any atom is 0.314 e. The van der Waals surface area contributed by atoms with Gasteiger partial charge in [0, 0.05) is 26.2 Å². The fraction of sp³-hybridized carbons (Fsp3) is 0.933. The van der Waals surface area contributed by atoms with Crippen molar-refractivity contribution < 1.29 is 9.90 Å². The summed E-state index contributed by atoms with van der Waals surface area (Å²) in [6, 6.07) is -0.133. The summed E-state index contributed by atoms with van der Waals surface area (Å²) in [6.45, 7) is 10.7. The maximum atomic E-state index is 11.6. The molecule has 1 fully saturated rings. The second-order valence-electron chi connectivity index (χ2n) is 6.33. The molecule has 2 atom stereocenters. The lowest BCUT2D eigenvalue weighted by Crippen LogP contribution is -2.43. The Bertz CT molecular complexity index is 284. The molecule has 1 aliphatic heterocycles. The highest BCUT2D eigenvalue weighted by molar-refractivity contribution is 5.73. The molecule has 1 rings (SSSR count). The summed E-state index contributed by atoms with van der Waals surface area (Å²) >= 11 is 0. The number of amides is 2. The fourth-order valence-electron chi connectivity index (χ4n) is 2.55. The van der Waals surface area contributed by atoms with Crippen molar-refractivity contribution in [2.75, 3.05) is 32.7 Å². The molecule has 0 aromatic rings. The molecule has 1 heterocycles. The van der Waals surface area contributed by atoms with Gasteiger partial charge in [-0.3, -0.25) is 0 Å². The van der Waals surface area contributed by atoms with Crippen LogP contribution in [0.15, 0.2) is 0 Å². The molecule has 2 amide bonds. The zero-order valence-electron chi connectivity index (χ0n) is 13.2. The minimum absolute atomic E-state index is 0.133. The maximum absolute atomic E-state index is 11.6. The normalized spacial score (nSPS) is 21.8. The average Bonchev–Trinajstić information content (AvgIpc) is 2.38. The van der Waals surface area contributed by atoms with Crippen LogP contribution in [-0.2, 0) is 0 Å². The number of hydrogen-bond donors (Lipinski definition) is 3. The van der Waals surface area contributed by atoms with E-state index in [0.717, 1.165) is 25.6 Å². The first-order valence-electron chi connectivity index (χ1n) is 7.91. The lowest BCUT2D eigenvalue weighted by atomic mass is 10.0. The second-order valence-corrected chi connectivity index (χ2v) is 6.33. The van der Waals surface area contributed by atoms with Crippen LogP contribution in [0.5, 0.6) is 0 Å². The van der Waals surface area contributed by atoms with Crippen molar-refractivity contribution in [2.45, 2.75) is 46.1 Å². The number of nitrogens with zero attached hydrogens (tertiary/aromatic N) is 1. The third-order valence-electron chi connectivity index (χ3n) is 3.95. The zero-order valence-corrected chi connectivity index (χ0v) is 13.2. The third-order valence-corrected chi connectivity index (χ3v) is 3.95. The van der Waals surface area contributed by atoms with Crippen LogP contribution in [0.2, 0.25) is 0 Å². The number of nitrogens with one attached hydrogen (secondary N) is 2. The molecule has 1 aliphatic rings. The fourth-order valence-corrected chi connectivity index (χ4v) is 2.55. The second kappa shape index (κ2) is 9.19. The SMILES string of the molecule is CC1CCCN(CCNC(=O)NCCC(O)C(C)C)C1. The summed E-state index contributed by atoms with van der Waals surface area (Å²) in [5.41, 5.74) is 0. The quantitative estimate of drug-likeness (QED) is 0.663. The van der Waals surface area contributed by atoms with Crippen LogP contribution in [0.4, 0.5) is 4.79 Å². The first-order chi connectivity index (χ1) is 9.49. The molecule has 3 N–H and O–H groups in total. The van der Waals surface area contributed by atoms with E-state index in [1.807, 2.05) is 13.8 Å². The van der Waals surface area contributed by atoms with Crippen molar-refractivity contribution in [2.24, 2.45) is 11.8 Å². The lowest BCUT2D eigenvalue weighted by Gasteiger charge is -2.30. The van der Waals surface area contributed by atoms with Crippen LogP contribution in [0.3, 0.4) is 0 Å². The van der Waals surface area contributed by atoms with Crippen molar-refractivity contribution in [3.8, 4) is 0 Å². The van der Waals surface area contributed by atoms with Crippen molar-refractivity contribution in [1.82, 2.24) is 15.5 Å². The van der Waals surface area contributed by atoms with E-state index in [2.05, 4.69) is 22.5 Å². The predicted molar refractivity (Wildman–Crippen MR) is 81.7 cm³/mol. The topological polar surface area (TPSA) is 64.6 Å². The molecule has 2 unspecified atom stereocenters. The van der Waals surface area contributed by atoms with Crippen LogP contribution >= 0.6 is 0 Å². The Hall–Kier alpha value is -0.810. The largest absolute Gasteiger partial charge is 0.393 e. The zero-order chi connectivity index (χ0) is 15.0. The number of aliphatic hydroxyl groups excluding tert-OH is 1. The van der Waals surface area contributed by atoms with Crippen molar-refractivity contribution in [3.63, 3.8) is 0 Å². The summed E-state index contributed by atoms with van der Waals surface area (Å²) in [7, 11) is 0. The summed E-state index contributed by atoms with van der Waals surface area (Å²) in [6.07, 6.45) is 2.85. The predicted octanol–water partition coefficient (Wildman–Crippen LogP) is 1.42. The minimum atomic E-state index is -0.342. The van der Waals surface area contributed by atoms with Crippen LogP contribution in [0.1, 0.15) is 40.0 Å². The van der Waals surface area contributed by atoms with E-state index in [-0.39, 0.29) is 18.1 Å². The number of hydrogen-bond acceptors (Lipinski definition) is 3. The first-order valence-corrected chi connectivity index (χ1v) is 7.91. The molecule has 5 heteroatoms. The molecule has 0 radical (unpaired) electrons. The molecule has 20 heavy (non-hydrogen) atoms. The van der Waals surface area contributed by atoms with Gasteiger partial charge in [0.25, 0.3) is 0 Å². The number of aliphatic hydroxyl groups is 1. The molecule has 0 aliphatic carbocycles. The van der Waals surface area contributed by atoms with Crippen LogP contribution in [-0.4, -0.2) is 54.9 Å². The molecule has 0 aromatic carbocycles. The Morgan fingerprint density at radius 2 is 2.05 bits per heavy atom. The molecule has 1 saturated heterocycles. The molecule has 5 nitrogen and oxygen atoms in total. The Balaban J connectivity index is 2.02. The summed E-state index contributed by atoms with van der Waals surface area (Å²) in [4.78, 5) is 14.0. The van der Waals surface area contributed by atoms with Gasteiger partial charge < -0.3 is 20.6 Å². The Labute approximate surface area is 123 Å². The van der Waals surface area contributed by atoms with Crippen LogP contribution in [0.25, 0.3) is 0 Å². The van der Waals surface area contributed by atoms with Gasteiger partial charge in [-0.2, -0.15) is 0 Å². The molecule has 0 spiro atoms. The highest BCUT2D eigenvalue weighted by atomic mass is 16.3. The number of carbonyl (C=O) groups is 1. The van der Waals surface area contributed by atoms with E-state index in [1.165, 1.54) is 12.8 Å². The van der Waals surface area contributed by atoms with Gasteiger partial charge in [0.1, 0.15) is 0 Å². The molecular formula is C15H31N3O2. The monoisotopic (exact) mass is 285 g/mol. The smallest absolute Gasteiger partial charge is 0.314 e. The van der Waals surface area contributed by atoms with E-state index in [0.29, 0.717) is 19.5 Å². The van der Waals surface area contributed by atoms with Gasteiger partial charge >= 0.3 is 6.03 Å². The Morgan fingerprint density at radius 1 is 1.35 bits per heavy atom. The molecule has 0 aromatic heterocycles. The number of rotatable bonds is 7.